The molecule has 0 heterocycles. The molecule has 0 fully saturated rings. The van der Waals surface area contributed by atoms with E-state index < -0.39 is 58.8 Å². The molecule has 33 heavy (non-hydrogen) atoms. The number of rotatable bonds is 14. The van der Waals surface area contributed by atoms with Crippen molar-refractivity contribution in [1.82, 2.24) is 0 Å². The number of alkyl halides is 1. The molecule has 0 aliphatic heterocycles. The first-order valence-electron chi connectivity index (χ1n) is 11.2. The first-order valence-corrected chi connectivity index (χ1v) is 11.2. The van der Waals surface area contributed by atoms with Crippen LogP contribution in [0.5, 0.6) is 0 Å². The molecule has 0 aliphatic carbocycles. The molecular weight excluding hydrogens is 435 g/mol. The van der Waals surface area contributed by atoms with Crippen LogP contribution in [0, 0.1) is 21.7 Å². The van der Waals surface area contributed by atoms with Crippen LogP contribution in [0.2, 0.25) is 0 Å². The number of halogens is 1. The van der Waals surface area contributed by atoms with E-state index in [4.69, 9.17) is 18.9 Å². The molecule has 0 N–H and O–H groups in total. The van der Waals surface area contributed by atoms with Gasteiger partial charge in [0.1, 0.15) is 13.3 Å². The van der Waals surface area contributed by atoms with Crippen molar-refractivity contribution >= 4 is 23.9 Å². The highest BCUT2D eigenvalue weighted by Crippen LogP contribution is 2.52. The average molecular weight is 477 g/mol. The number of methoxy groups -OCH3 is 3. The predicted octanol–water partition coefficient (Wildman–Crippen LogP) is 4.03. The van der Waals surface area contributed by atoms with Gasteiger partial charge in [-0.1, -0.05) is 13.8 Å². The van der Waals surface area contributed by atoms with Crippen molar-refractivity contribution in [1.29, 1.82) is 0 Å². The van der Waals surface area contributed by atoms with Gasteiger partial charge in [0.25, 0.3) is 0 Å². The number of carbonyl (C=O) groups is 4. The first-order chi connectivity index (χ1) is 15.2. The van der Waals surface area contributed by atoms with Crippen LogP contribution in [0.25, 0.3) is 0 Å². The minimum absolute atomic E-state index is 0.0394. The fourth-order valence-electron chi connectivity index (χ4n) is 4.54. The van der Waals surface area contributed by atoms with E-state index in [0.717, 1.165) is 0 Å². The Morgan fingerprint density at radius 2 is 1.09 bits per heavy atom. The lowest BCUT2D eigenvalue weighted by atomic mass is 9.58. The molecule has 0 radical (unpaired) electrons. The van der Waals surface area contributed by atoms with Crippen LogP contribution in [0.4, 0.5) is 4.39 Å². The zero-order chi connectivity index (χ0) is 26.1. The summed E-state index contributed by atoms with van der Waals surface area (Å²) in [6.45, 7) is 8.86. The molecule has 9 heteroatoms. The van der Waals surface area contributed by atoms with Crippen molar-refractivity contribution in [3.8, 4) is 0 Å². The second-order valence-electron chi connectivity index (χ2n) is 9.82. The number of hydrogen-bond donors (Lipinski definition) is 0. The monoisotopic (exact) mass is 476 g/mol. The van der Waals surface area contributed by atoms with Gasteiger partial charge in [0.05, 0.1) is 43.0 Å². The number of esters is 4. The number of hydrogen-bond acceptors (Lipinski definition) is 8. The van der Waals surface area contributed by atoms with Crippen LogP contribution >= 0.6 is 0 Å². The summed E-state index contributed by atoms with van der Waals surface area (Å²) in [4.78, 5) is 51.6. The normalized spacial score (nSPS) is 17.0. The topological polar surface area (TPSA) is 105 Å². The zero-order valence-corrected chi connectivity index (χ0v) is 21.6. The zero-order valence-electron chi connectivity index (χ0n) is 21.6. The molecule has 0 aromatic rings. The van der Waals surface area contributed by atoms with Crippen molar-refractivity contribution in [2.45, 2.75) is 73.6 Å². The van der Waals surface area contributed by atoms with E-state index in [1.807, 2.05) is 0 Å². The fraction of sp³-hybridized carbons (Fsp3) is 0.833. The molecule has 0 saturated carbocycles. The first kappa shape index (κ1) is 30.8. The molecule has 0 aliphatic rings. The third-order valence-corrected chi connectivity index (χ3v) is 6.64. The highest BCUT2D eigenvalue weighted by Gasteiger charge is 2.56. The SMILES string of the molecule is CCC(C)(CC(CC(C)(C)C(=O)OC)(CC(C)(CC)C(=O)OCCF)C(=O)OC)C(=O)OC. The van der Waals surface area contributed by atoms with Crippen molar-refractivity contribution < 1.29 is 42.5 Å². The van der Waals surface area contributed by atoms with E-state index in [0.29, 0.717) is 6.42 Å². The van der Waals surface area contributed by atoms with Gasteiger partial charge in [-0.05, 0) is 59.8 Å². The third-order valence-electron chi connectivity index (χ3n) is 6.64. The van der Waals surface area contributed by atoms with Crippen LogP contribution in [-0.2, 0) is 38.1 Å². The van der Waals surface area contributed by atoms with Crippen molar-refractivity contribution in [2.75, 3.05) is 34.6 Å². The molecule has 0 saturated heterocycles. The maximum absolute atomic E-state index is 13.4. The van der Waals surface area contributed by atoms with Gasteiger partial charge in [-0.15, -0.1) is 0 Å². The predicted molar refractivity (Wildman–Crippen MR) is 120 cm³/mol. The number of carbonyl (C=O) groups excluding carboxylic acids is 4. The summed E-state index contributed by atoms with van der Waals surface area (Å²) < 4.78 is 32.9. The maximum Gasteiger partial charge on any atom is 0.311 e. The summed E-state index contributed by atoms with van der Waals surface area (Å²) in [5, 5.41) is 0. The summed E-state index contributed by atoms with van der Waals surface area (Å²) in [5.74, 6) is -2.40. The van der Waals surface area contributed by atoms with Gasteiger partial charge in [-0.2, -0.15) is 0 Å². The minimum Gasteiger partial charge on any atom is -0.469 e. The van der Waals surface area contributed by atoms with E-state index in [2.05, 4.69) is 0 Å². The van der Waals surface area contributed by atoms with Crippen LogP contribution < -0.4 is 0 Å². The summed E-state index contributed by atoms with van der Waals surface area (Å²) >= 11 is 0. The molecule has 0 bridgehead atoms. The van der Waals surface area contributed by atoms with Crippen molar-refractivity contribution in [2.24, 2.45) is 21.7 Å². The molecule has 0 aromatic carbocycles. The lowest BCUT2D eigenvalue weighted by molar-refractivity contribution is -0.173. The highest BCUT2D eigenvalue weighted by atomic mass is 19.1. The standard InChI is InChI=1S/C24H41FO8/c1-10-22(5,18(27)31-8)15-24(20(29)32-9,14-21(3,4)17(26)30-7)16-23(6,11-2)19(28)33-13-12-25/h10-16H2,1-9H3. The van der Waals surface area contributed by atoms with Crippen LogP contribution in [-0.4, -0.2) is 58.5 Å². The Balaban J connectivity index is 6.85. The van der Waals surface area contributed by atoms with Gasteiger partial charge in [0, 0.05) is 0 Å². The Hall–Kier alpha value is -2.19. The summed E-state index contributed by atoms with van der Waals surface area (Å²) in [5.41, 5.74) is -4.91. The van der Waals surface area contributed by atoms with Gasteiger partial charge in [-0.25, -0.2) is 4.39 Å². The maximum atomic E-state index is 13.4. The lowest BCUT2D eigenvalue weighted by Crippen LogP contribution is -2.49. The summed E-state index contributed by atoms with van der Waals surface area (Å²) in [6, 6.07) is 0. The smallest absolute Gasteiger partial charge is 0.311 e. The molecule has 0 aromatic heterocycles. The molecule has 0 amide bonds. The quantitative estimate of drug-likeness (QED) is 0.273. The van der Waals surface area contributed by atoms with E-state index in [9.17, 15) is 23.6 Å². The van der Waals surface area contributed by atoms with Gasteiger partial charge in [0.15, 0.2) is 0 Å². The van der Waals surface area contributed by atoms with E-state index in [1.165, 1.54) is 21.3 Å². The molecule has 3 atom stereocenters. The lowest BCUT2D eigenvalue weighted by Gasteiger charge is -2.45. The molecular formula is C24H41FO8. The molecule has 0 spiro atoms. The minimum atomic E-state index is -1.45. The van der Waals surface area contributed by atoms with Crippen LogP contribution in [0.3, 0.4) is 0 Å². The van der Waals surface area contributed by atoms with Gasteiger partial charge < -0.3 is 18.9 Å². The molecule has 8 nitrogen and oxygen atoms in total. The number of ether oxygens (including phenoxy) is 4. The largest absolute Gasteiger partial charge is 0.469 e. The average Bonchev–Trinajstić information content (AvgIpc) is 2.79. The molecule has 3 unspecified atom stereocenters. The Kier molecular flexibility index (Phi) is 11.5. The Bertz CT molecular complexity index is 707. The van der Waals surface area contributed by atoms with E-state index >= 15 is 0 Å². The fourth-order valence-corrected chi connectivity index (χ4v) is 4.54. The summed E-state index contributed by atoms with van der Waals surface area (Å²) in [7, 11) is 3.73. The summed E-state index contributed by atoms with van der Waals surface area (Å²) in [6.07, 6.45) is 0.435. The van der Waals surface area contributed by atoms with Gasteiger partial charge in [-0.3, -0.25) is 19.2 Å². The Morgan fingerprint density at radius 1 is 0.667 bits per heavy atom. The third kappa shape index (κ3) is 7.40. The van der Waals surface area contributed by atoms with E-state index in [1.54, 1.807) is 41.5 Å². The van der Waals surface area contributed by atoms with Gasteiger partial charge >= 0.3 is 23.9 Å². The van der Waals surface area contributed by atoms with Crippen LogP contribution in [0.15, 0.2) is 0 Å². The molecule has 0 rings (SSSR count). The Labute approximate surface area is 196 Å². The second-order valence-corrected chi connectivity index (χ2v) is 9.82. The van der Waals surface area contributed by atoms with Crippen LogP contribution in [0.1, 0.15) is 73.6 Å². The highest BCUT2D eigenvalue weighted by molar-refractivity contribution is 5.84. The van der Waals surface area contributed by atoms with Crippen molar-refractivity contribution in [3.63, 3.8) is 0 Å². The molecule has 192 valence electrons. The van der Waals surface area contributed by atoms with Gasteiger partial charge in [0.2, 0.25) is 0 Å². The van der Waals surface area contributed by atoms with Crippen molar-refractivity contribution in [3.05, 3.63) is 0 Å². The van der Waals surface area contributed by atoms with E-state index in [-0.39, 0.29) is 25.7 Å². The second kappa shape index (κ2) is 12.3. The Morgan fingerprint density at radius 3 is 1.45 bits per heavy atom.